The molecule has 1 aromatic carbocycles. The minimum absolute atomic E-state index is 0.0566. The Labute approximate surface area is 136 Å². The van der Waals surface area contributed by atoms with Crippen LogP contribution >= 0.6 is 0 Å². The van der Waals surface area contributed by atoms with Gasteiger partial charge in [0.2, 0.25) is 0 Å². The van der Waals surface area contributed by atoms with Crippen LogP contribution in [0.3, 0.4) is 0 Å². The quantitative estimate of drug-likeness (QED) is 0.840. The van der Waals surface area contributed by atoms with E-state index >= 15 is 0 Å². The van der Waals surface area contributed by atoms with Gasteiger partial charge >= 0.3 is 0 Å². The molecule has 1 heterocycles. The highest BCUT2D eigenvalue weighted by molar-refractivity contribution is 6.08. The number of amides is 1. The Morgan fingerprint density at radius 2 is 1.96 bits per heavy atom. The zero-order valence-corrected chi connectivity index (χ0v) is 13.8. The molecule has 1 unspecified atom stereocenters. The zero-order chi connectivity index (χ0) is 17.0. The van der Waals surface area contributed by atoms with Crippen LogP contribution in [0.2, 0.25) is 0 Å². The molecular formula is C18H23NO4. The molecule has 0 aliphatic carbocycles. The van der Waals surface area contributed by atoms with Crippen LogP contribution in [-0.4, -0.2) is 41.0 Å². The van der Waals surface area contributed by atoms with Crippen LogP contribution in [0.4, 0.5) is 0 Å². The van der Waals surface area contributed by atoms with Crippen LogP contribution in [0.15, 0.2) is 41.7 Å². The second kappa shape index (κ2) is 7.42. The zero-order valence-electron chi connectivity index (χ0n) is 13.8. The predicted molar refractivity (Wildman–Crippen MR) is 86.9 cm³/mol. The van der Waals surface area contributed by atoms with Gasteiger partial charge in [-0.25, -0.2) is 0 Å². The first-order valence-corrected chi connectivity index (χ1v) is 7.91. The second-order valence-electron chi connectivity index (χ2n) is 5.77. The number of nitrogens with zero attached hydrogens (tertiary/aromatic N) is 1. The molecule has 1 N–H and O–H groups in total. The van der Waals surface area contributed by atoms with Crippen LogP contribution in [0.25, 0.3) is 0 Å². The summed E-state index contributed by atoms with van der Waals surface area (Å²) in [6, 6.07) is 8.74. The fourth-order valence-corrected chi connectivity index (χ4v) is 2.73. The van der Waals surface area contributed by atoms with Gasteiger partial charge in [0.1, 0.15) is 0 Å². The minimum Gasteiger partial charge on any atom is -0.503 e. The standard InChI is InChI=1S/C18H23NO4/c1-4-14(20)15-16(13-8-6-5-7-9-13)19(18(22)17(15)21)10-11-23-12(2)3/h5-9,12,16,21H,4,10-11H2,1-3H3. The topological polar surface area (TPSA) is 66.8 Å². The number of hydrogen-bond donors (Lipinski definition) is 1. The molecule has 0 aromatic heterocycles. The molecule has 2 rings (SSSR count). The van der Waals surface area contributed by atoms with Gasteiger partial charge < -0.3 is 14.7 Å². The minimum atomic E-state index is -0.549. The maximum atomic E-state index is 12.4. The lowest BCUT2D eigenvalue weighted by Gasteiger charge is -2.27. The fraction of sp³-hybridized carbons (Fsp3) is 0.444. The third-order valence-corrected chi connectivity index (χ3v) is 3.82. The molecule has 0 bridgehead atoms. The Hall–Kier alpha value is -2.14. The molecule has 0 spiro atoms. The van der Waals surface area contributed by atoms with E-state index in [1.807, 2.05) is 44.2 Å². The number of hydrogen-bond acceptors (Lipinski definition) is 4. The van der Waals surface area contributed by atoms with Crippen molar-refractivity contribution in [2.24, 2.45) is 0 Å². The average molecular weight is 317 g/mol. The second-order valence-corrected chi connectivity index (χ2v) is 5.77. The molecule has 1 amide bonds. The highest BCUT2D eigenvalue weighted by Crippen LogP contribution is 2.37. The normalized spacial score (nSPS) is 18.2. The molecule has 1 atom stereocenters. The third-order valence-electron chi connectivity index (χ3n) is 3.82. The van der Waals surface area contributed by atoms with Crippen LogP contribution in [0, 0.1) is 0 Å². The highest BCUT2D eigenvalue weighted by Gasteiger charge is 2.42. The van der Waals surface area contributed by atoms with E-state index in [0.29, 0.717) is 13.2 Å². The van der Waals surface area contributed by atoms with E-state index in [-0.39, 0.29) is 23.9 Å². The van der Waals surface area contributed by atoms with E-state index in [2.05, 4.69) is 0 Å². The summed E-state index contributed by atoms with van der Waals surface area (Å²) < 4.78 is 5.51. The first kappa shape index (κ1) is 17.2. The summed E-state index contributed by atoms with van der Waals surface area (Å²) >= 11 is 0. The number of ether oxygens (including phenoxy) is 1. The molecule has 23 heavy (non-hydrogen) atoms. The molecule has 0 saturated heterocycles. The number of carbonyl (C=O) groups excluding carboxylic acids is 2. The fourth-order valence-electron chi connectivity index (χ4n) is 2.73. The maximum Gasteiger partial charge on any atom is 0.290 e. The van der Waals surface area contributed by atoms with Crippen LogP contribution in [0.1, 0.15) is 38.8 Å². The number of carbonyl (C=O) groups is 2. The molecule has 1 aliphatic rings. The smallest absolute Gasteiger partial charge is 0.290 e. The van der Waals surface area contributed by atoms with Crippen molar-refractivity contribution in [1.82, 2.24) is 4.90 Å². The Balaban J connectivity index is 2.34. The number of aliphatic hydroxyl groups excluding tert-OH is 1. The van der Waals surface area contributed by atoms with Gasteiger partial charge in [0.05, 0.1) is 24.3 Å². The molecule has 5 nitrogen and oxygen atoms in total. The van der Waals surface area contributed by atoms with Gasteiger partial charge in [-0.3, -0.25) is 9.59 Å². The van der Waals surface area contributed by atoms with Crippen molar-refractivity contribution in [2.75, 3.05) is 13.2 Å². The average Bonchev–Trinajstić information content (AvgIpc) is 2.79. The summed E-state index contributed by atoms with van der Waals surface area (Å²) in [7, 11) is 0. The van der Waals surface area contributed by atoms with Gasteiger partial charge in [0.25, 0.3) is 5.91 Å². The largest absolute Gasteiger partial charge is 0.503 e. The first-order valence-electron chi connectivity index (χ1n) is 7.91. The lowest BCUT2D eigenvalue weighted by atomic mass is 9.95. The van der Waals surface area contributed by atoms with Crippen LogP contribution < -0.4 is 0 Å². The number of Topliss-reactive ketones (excluding diaryl/α,β-unsaturated/α-hetero) is 1. The third kappa shape index (κ3) is 3.62. The summed E-state index contributed by atoms with van der Waals surface area (Å²) in [5, 5.41) is 10.2. The van der Waals surface area contributed by atoms with Crippen LogP contribution in [-0.2, 0) is 14.3 Å². The van der Waals surface area contributed by atoms with Gasteiger partial charge in [-0.1, -0.05) is 37.3 Å². The molecule has 1 aromatic rings. The highest BCUT2D eigenvalue weighted by atomic mass is 16.5. The van der Waals surface area contributed by atoms with Crippen molar-refractivity contribution in [3.63, 3.8) is 0 Å². The number of benzene rings is 1. The number of aliphatic hydroxyl groups is 1. The van der Waals surface area contributed by atoms with E-state index in [0.717, 1.165) is 5.56 Å². The Morgan fingerprint density at radius 3 is 2.52 bits per heavy atom. The Bertz CT molecular complexity index is 607. The first-order chi connectivity index (χ1) is 11.0. The summed E-state index contributed by atoms with van der Waals surface area (Å²) in [5.41, 5.74) is 1.000. The molecule has 1 aliphatic heterocycles. The van der Waals surface area contributed by atoms with Gasteiger partial charge in [-0.05, 0) is 19.4 Å². The summed E-state index contributed by atoms with van der Waals surface area (Å²) in [6.45, 7) is 6.24. The van der Waals surface area contributed by atoms with E-state index in [1.165, 1.54) is 4.90 Å². The molecule has 0 saturated carbocycles. The van der Waals surface area contributed by atoms with E-state index in [9.17, 15) is 14.7 Å². The van der Waals surface area contributed by atoms with Gasteiger partial charge in [-0.2, -0.15) is 0 Å². The van der Waals surface area contributed by atoms with Crippen molar-refractivity contribution in [3.8, 4) is 0 Å². The molecular weight excluding hydrogens is 294 g/mol. The molecule has 0 fully saturated rings. The van der Waals surface area contributed by atoms with Gasteiger partial charge in [-0.15, -0.1) is 0 Å². The molecule has 0 radical (unpaired) electrons. The predicted octanol–water partition coefficient (Wildman–Crippen LogP) is 2.79. The lowest BCUT2D eigenvalue weighted by Crippen LogP contribution is -2.34. The summed E-state index contributed by atoms with van der Waals surface area (Å²) in [5.74, 6) is -1.16. The van der Waals surface area contributed by atoms with Gasteiger partial charge in [0, 0.05) is 13.0 Å². The maximum absolute atomic E-state index is 12.4. The Kier molecular flexibility index (Phi) is 5.55. The lowest BCUT2D eigenvalue weighted by molar-refractivity contribution is -0.130. The monoisotopic (exact) mass is 317 g/mol. The number of ketones is 1. The van der Waals surface area contributed by atoms with Crippen LogP contribution in [0.5, 0.6) is 0 Å². The number of rotatable bonds is 7. The Morgan fingerprint density at radius 1 is 1.30 bits per heavy atom. The van der Waals surface area contributed by atoms with Crippen molar-refractivity contribution < 1.29 is 19.4 Å². The van der Waals surface area contributed by atoms with Crippen molar-refractivity contribution >= 4 is 11.7 Å². The molecule has 124 valence electrons. The van der Waals surface area contributed by atoms with Crippen molar-refractivity contribution in [3.05, 3.63) is 47.2 Å². The van der Waals surface area contributed by atoms with Crippen molar-refractivity contribution in [1.29, 1.82) is 0 Å². The summed E-state index contributed by atoms with van der Waals surface area (Å²) in [4.78, 5) is 26.2. The van der Waals surface area contributed by atoms with E-state index < -0.39 is 17.7 Å². The SMILES string of the molecule is CCC(=O)C1=C(O)C(=O)N(CCOC(C)C)C1c1ccccc1. The van der Waals surface area contributed by atoms with Gasteiger partial charge in [0.15, 0.2) is 11.5 Å². The van der Waals surface area contributed by atoms with Crippen molar-refractivity contribution in [2.45, 2.75) is 39.3 Å². The van der Waals surface area contributed by atoms with E-state index in [1.54, 1.807) is 6.92 Å². The molecule has 5 heteroatoms. The van der Waals surface area contributed by atoms with E-state index in [4.69, 9.17) is 4.74 Å². The summed E-state index contributed by atoms with van der Waals surface area (Å²) in [6.07, 6.45) is 0.299.